The summed E-state index contributed by atoms with van der Waals surface area (Å²) in [6.07, 6.45) is 2.86. The number of aryl methyl sites for hydroxylation is 2. The minimum atomic E-state index is 0.793. The summed E-state index contributed by atoms with van der Waals surface area (Å²) in [6, 6.07) is 6.21. The fourth-order valence-corrected chi connectivity index (χ4v) is 2.13. The van der Waals surface area contributed by atoms with Crippen molar-refractivity contribution < 1.29 is 0 Å². The lowest BCUT2D eigenvalue weighted by atomic mass is 10.2. The predicted octanol–water partition coefficient (Wildman–Crippen LogP) is 3.58. The first-order valence-corrected chi connectivity index (χ1v) is 5.44. The molecule has 0 amide bonds. The fourth-order valence-electron chi connectivity index (χ4n) is 1.84. The summed E-state index contributed by atoms with van der Waals surface area (Å²) in [4.78, 5) is 3.22. The van der Waals surface area contributed by atoms with Gasteiger partial charge in [-0.3, -0.25) is 0 Å². The summed E-state index contributed by atoms with van der Waals surface area (Å²) in [5.41, 5.74) is 3.58. The molecule has 2 rings (SSSR count). The van der Waals surface area contributed by atoms with Gasteiger partial charge in [-0.1, -0.05) is 18.2 Å². The van der Waals surface area contributed by atoms with E-state index in [1.807, 2.05) is 12.1 Å². The molecule has 1 N–H and O–H groups in total. The molecule has 0 bridgehead atoms. The van der Waals surface area contributed by atoms with Crippen LogP contribution in [0.1, 0.15) is 12.0 Å². The minimum Gasteiger partial charge on any atom is -0.331 e. The van der Waals surface area contributed by atoms with Gasteiger partial charge >= 0.3 is 0 Å². The van der Waals surface area contributed by atoms with Crippen molar-refractivity contribution in [2.45, 2.75) is 19.9 Å². The number of nitrogens with zero attached hydrogens (tertiary/aromatic N) is 1. The Balaban J connectivity index is 2.65. The Morgan fingerprint density at radius 3 is 3.07 bits per heavy atom. The number of H-pyrrole nitrogens is 1. The quantitative estimate of drug-likeness (QED) is 0.617. The number of para-hydroxylation sites is 1. The predicted molar refractivity (Wildman–Crippen MR) is 66.7 cm³/mol. The van der Waals surface area contributed by atoms with E-state index >= 15 is 0 Å². The molecule has 78 valence electrons. The molecule has 0 fully saturated rings. The van der Waals surface area contributed by atoms with Gasteiger partial charge in [0.25, 0.3) is 0 Å². The lowest BCUT2D eigenvalue weighted by Gasteiger charge is -2.04. The molecule has 1 heterocycles. The normalized spacial score (nSPS) is 10.7. The third kappa shape index (κ3) is 1.75. The Bertz CT molecular complexity index is 548. The highest BCUT2D eigenvalue weighted by Crippen LogP contribution is 2.18. The SMILES string of the molecule is C=CCCn1c(=S)[nH]c2cccc(C)c21. The van der Waals surface area contributed by atoms with Gasteiger partial charge in [0.15, 0.2) is 4.77 Å². The maximum Gasteiger partial charge on any atom is 0.178 e. The van der Waals surface area contributed by atoms with Crippen molar-refractivity contribution in [3.05, 3.63) is 41.2 Å². The van der Waals surface area contributed by atoms with Crippen LogP contribution < -0.4 is 0 Å². The van der Waals surface area contributed by atoms with E-state index in [-0.39, 0.29) is 0 Å². The minimum absolute atomic E-state index is 0.793. The maximum atomic E-state index is 5.30. The first-order valence-electron chi connectivity index (χ1n) is 5.03. The average Bonchev–Trinajstić information content (AvgIpc) is 2.53. The van der Waals surface area contributed by atoms with Crippen molar-refractivity contribution in [3.63, 3.8) is 0 Å². The van der Waals surface area contributed by atoms with E-state index in [1.54, 1.807) is 0 Å². The molecular weight excluding hydrogens is 204 g/mol. The number of hydrogen-bond acceptors (Lipinski definition) is 1. The van der Waals surface area contributed by atoms with Crippen LogP contribution in [-0.2, 0) is 6.54 Å². The standard InChI is InChI=1S/C12H14N2S/c1-3-4-8-14-11-9(2)6-5-7-10(11)13-12(14)15/h3,5-7H,1,4,8H2,2H3,(H,13,15). The van der Waals surface area contributed by atoms with Crippen LogP contribution in [0.15, 0.2) is 30.9 Å². The molecule has 0 aliphatic carbocycles. The lowest BCUT2D eigenvalue weighted by molar-refractivity contribution is 0.720. The number of aromatic nitrogens is 2. The highest BCUT2D eigenvalue weighted by Gasteiger charge is 2.05. The van der Waals surface area contributed by atoms with E-state index < -0.39 is 0 Å². The molecule has 0 atom stereocenters. The Kier molecular flexibility index (Phi) is 2.73. The lowest BCUT2D eigenvalue weighted by Crippen LogP contribution is -1.97. The first-order chi connectivity index (χ1) is 7.24. The van der Waals surface area contributed by atoms with E-state index in [0.717, 1.165) is 23.3 Å². The van der Waals surface area contributed by atoms with Gasteiger partial charge in [-0.2, -0.15) is 0 Å². The maximum absolute atomic E-state index is 5.30. The summed E-state index contributed by atoms with van der Waals surface area (Å²) >= 11 is 5.30. The summed E-state index contributed by atoms with van der Waals surface area (Å²) in [5, 5.41) is 0. The Morgan fingerprint density at radius 1 is 1.53 bits per heavy atom. The molecule has 1 aromatic heterocycles. The van der Waals surface area contributed by atoms with Crippen molar-refractivity contribution in [2.75, 3.05) is 0 Å². The van der Waals surface area contributed by atoms with E-state index in [9.17, 15) is 0 Å². The van der Waals surface area contributed by atoms with Gasteiger partial charge in [0.2, 0.25) is 0 Å². The number of rotatable bonds is 3. The molecule has 0 saturated heterocycles. The third-order valence-corrected chi connectivity index (χ3v) is 2.87. The number of imidazole rings is 1. The van der Waals surface area contributed by atoms with E-state index in [1.165, 1.54) is 11.1 Å². The summed E-state index contributed by atoms with van der Waals surface area (Å²) in [5.74, 6) is 0. The Hall–Kier alpha value is -1.35. The van der Waals surface area contributed by atoms with Crippen molar-refractivity contribution in [1.82, 2.24) is 9.55 Å². The molecule has 0 aliphatic heterocycles. The van der Waals surface area contributed by atoms with Crippen LogP contribution in [0.4, 0.5) is 0 Å². The zero-order chi connectivity index (χ0) is 10.8. The van der Waals surface area contributed by atoms with Crippen molar-refractivity contribution in [1.29, 1.82) is 0 Å². The molecule has 2 aromatic rings. The van der Waals surface area contributed by atoms with Crippen LogP contribution in [0, 0.1) is 11.7 Å². The first kappa shape index (κ1) is 10.2. The van der Waals surface area contributed by atoms with Gasteiger partial charge < -0.3 is 9.55 Å². The second-order valence-electron chi connectivity index (χ2n) is 3.63. The smallest absolute Gasteiger partial charge is 0.178 e. The topological polar surface area (TPSA) is 20.7 Å². The number of benzene rings is 1. The van der Waals surface area contributed by atoms with E-state index in [4.69, 9.17) is 12.2 Å². The number of fused-ring (bicyclic) bond motifs is 1. The number of hydrogen-bond donors (Lipinski definition) is 1. The largest absolute Gasteiger partial charge is 0.331 e. The van der Waals surface area contributed by atoms with Crippen LogP contribution >= 0.6 is 12.2 Å². The van der Waals surface area contributed by atoms with Crippen LogP contribution in [0.25, 0.3) is 11.0 Å². The zero-order valence-electron chi connectivity index (χ0n) is 8.79. The van der Waals surface area contributed by atoms with Crippen molar-refractivity contribution in [3.8, 4) is 0 Å². The van der Waals surface area contributed by atoms with Gasteiger partial charge in [0, 0.05) is 6.54 Å². The van der Waals surface area contributed by atoms with Gasteiger partial charge in [-0.05, 0) is 37.2 Å². The summed E-state index contributed by atoms with van der Waals surface area (Å²) in [6.45, 7) is 6.74. The third-order valence-electron chi connectivity index (χ3n) is 2.55. The molecule has 0 saturated carbocycles. The average molecular weight is 218 g/mol. The van der Waals surface area contributed by atoms with Crippen molar-refractivity contribution >= 4 is 23.3 Å². The number of allylic oxidation sites excluding steroid dienone is 1. The second kappa shape index (κ2) is 4.03. The van der Waals surface area contributed by atoms with Gasteiger partial charge in [-0.15, -0.1) is 6.58 Å². The molecule has 3 heteroatoms. The summed E-state index contributed by atoms with van der Waals surface area (Å²) < 4.78 is 2.93. The van der Waals surface area contributed by atoms with E-state index in [2.05, 4.69) is 35.2 Å². The van der Waals surface area contributed by atoms with Crippen LogP contribution in [0.5, 0.6) is 0 Å². The summed E-state index contributed by atoms with van der Waals surface area (Å²) in [7, 11) is 0. The molecule has 1 aromatic carbocycles. The molecule has 0 unspecified atom stereocenters. The zero-order valence-corrected chi connectivity index (χ0v) is 9.60. The molecule has 0 aliphatic rings. The van der Waals surface area contributed by atoms with Gasteiger partial charge in [0.05, 0.1) is 11.0 Å². The highest BCUT2D eigenvalue weighted by molar-refractivity contribution is 7.71. The molecule has 15 heavy (non-hydrogen) atoms. The monoisotopic (exact) mass is 218 g/mol. The van der Waals surface area contributed by atoms with Crippen molar-refractivity contribution in [2.24, 2.45) is 0 Å². The van der Waals surface area contributed by atoms with Crippen LogP contribution in [0.3, 0.4) is 0 Å². The second-order valence-corrected chi connectivity index (χ2v) is 4.02. The fraction of sp³-hybridized carbons (Fsp3) is 0.250. The van der Waals surface area contributed by atoms with Crippen LogP contribution in [-0.4, -0.2) is 9.55 Å². The van der Waals surface area contributed by atoms with Gasteiger partial charge in [-0.25, -0.2) is 0 Å². The van der Waals surface area contributed by atoms with Crippen LogP contribution in [0.2, 0.25) is 0 Å². The Morgan fingerprint density at radius 2 is 2.33 bits per heavy atom. The number of nitrogens with one attached hydrogen (secondary N) is 1. The number of aromatic amines is 1. The molecule has 0 radical (unpaired) electrons. The Labute approximate surface area is 94.2 Å². The van der Waals surface area contributed by atoms with Gasteiger partial charge in [0.1, 0.15) is 0 Å². The molecular formula is C12H14N2S. The molecule has 0 spiro atoms. The molecule has 2 nitrogen and oxygen atoms in total. The highest BCUT2D eigenvalue weighted by atomic mass is 32.1. The van der Waals surface area contributed by atoms with E-state index in [0.29, 0.717) is 0 Å².